The van der Waals surface area contributed by atoms with Gasteiger partial charge in [0.05, 0.1) is 12.9 Å². The van der Waals surface area contributed by atoms with Crippen molar-refractivity contribution in [3.8, 4) is 11.6 Å². The molecule has 8 nitrogen and oxygen atoms in total. The summed E-state index contributed by atoms with van der Waals surface area (Å²) in [6.45, 7) is 3.29. The lowest BCUT2D eigenvalue weighted by Crippen LogP contribution is -2.49. The molecule has 154 valence electrons. The van der Waals surface area contributed by atoms with Crippen LogP contribution in [0.15, 0.2) is 57.6 Å². The van der Waals surface area contributed by atoms with Crippen LogP contribution in [0.2, 0.25) is 0 Å². The molecule has 1 fully saturated rings. The van der Waals surface area contributed by atoms with E-state index in [1.165, 1.54) is 0 Å². The molecule has 1 aliphatic heterocycles. The largest absolute Gasteiger partial charge is 0.461 e. The Morgan fingerprint density at radius 3 is 2.67 bits per heavy atom. The summed E-state index contributed by atoms with van der Waals surface area (Å²) < 4.78 is 15.4. The minimum Gasteiger partial charge on any atom is -0.461 e. The number of nitrogens with zero attached hydrogens (tertiary/aromatic N) is 5. The first-order valence-corrected chi connectivity index (χ1v) is 10.2. The molecule has 0 unspecified atom stereocenters. The highest BCUT2D eigenvalue weighted by molar-refractivity contribution is 7.71. The third-order valence-corrected chi connectivity index (χ3v) is 5.90. The number of amides is 1. The molecule has 0 radical (unpaired) electrons. The number of rotatable bonds is 4. The Labute approximate surface area is 177 Å². The summed E-state index contributed by atoms with van der Waals surface area (Å²) in [6, 6.07) is 13.2. The molecule has 4 aromatic rings. The first kappa shape index (κ1) is 18.8. The standard InChI is InChI=1S/C21H21N5O3S/c1-23-19(17-7-4-12-28-17)22-26(21(23)30)14-24-8-10-25(11-9-24)20(27)18-13-15-5-2-3-6-16(15)29-18/h2-7,12-13H,8-11,14H2,1H3. The predicted molar refractivity (Wildman–Crippen MR) is 113 cm³/mol. The Morgan fingerprint density at radius 1 is 1.13 bits per heavy atom. The van der Waals surface area contributed by atoms with E-state index in [2.05, 4.69) is 10.00 Å². The van der Waals surface area contributed by atoms with Crippen molar-refractivity contribution < 1.29 is 13.6 Å². The smallest absolute Gasteiger partial charge is 0.289 e. The summed E-state index contributed by atoms with van der Waals surface area (Å²) in [5.41, 5.74) is 0.733. The van der Waals surface area contributed by atoms with Crippen molar-refractivity contribution in [3.05, 3.63) is 59.3 Å². The number of hydrogen-bond donors (Lipinski definition) is 0. The molecule has 1 amide bonds. The van der Waals surface area contributed by atoms with Gasteiger partial charge in [-0.05, 0) is 36.5 Å². The highest BCUT2D eigenvalue weighted by Gasteiger charge is 2.25. The quantitative estimate of drug-likeness (QED) is 0.469. The van der Waals surface area contributed by atoms with Crippen molar-refractivity contribution in [3.63, 3.8) is 0 Å². The van der Waals surface area contributed by atoms with Gasteiger partial charge in [-0.25, -0.2) is 4.68 Å². The second kappa shape index (κ2) is 7.58. The van der Waals surface area contributed by atoms with Gasteiger partial charge in [-0.1, -0.05) is 18.2 Å². The van der Waals surface area contributed by atoms with Crippen LogP contribution in [-0.2, 0) is 13.7 Å². The van der Waals surface area contributed by atoms with Crippen LogP contribution in [0.1, 0.15) is 10.6 Å². The summed E-state index contributed by atoms with van der Waals surface area (Å²) in [6.07, 6.45) is 1.62. The van der Waals surface area contributed by atoms with E-state index in [1.807, 2.05) is 59.0 Å². The highest BCUT2D eigenvalue weighted by atomic mass is 32.1. The molecular formula is C21H21N5O3S. The zero-order chi connectivity index (χ0) is 20.7. The topological polar surface area (TPSA) is 72.6 Å². The lowest BCUT2D eigenvalue weighted by molar-refractivity contribution is 0.0558. The number of aromatic nitrogens is 3. The van der Waals surface area contributed by atoms with E-state index in [-0.39, 0.29) is 5.91 Å². The maximum absolute atomic E-state index is 12.8. The Kier molecular flexibility index (Phi) is 4.76. The second-order valence-corrected chi connectivity index (χ2v) is 7.71. The van der Waals surface area contributed by atoms with E-state index in [1.54, 1.807) is 10.9 Å². The number of hydrogen-bond acceptors (Lipinski definition) is 6. The number of piperazine rings is 1. The third-order valence-electron chi connectivity index (χ3n) is 5.41. The molecule has 3 aromatic heterocycles. The van der Waals surface area contributed by atoms with E-state index >= 15 is 0 Å². The van der Waals surface area contributed by atoms with Crippen molar-refractivity contribution in [1.29, 1.82) is 0 Å². The molecule has 5 rings (SSSR count). The van der Waals surface area contributed by atoms with Gasteiger partial charge in [0.2, 0.25) is 0 Å². The summed E-state index contributed by atoms with van der Waals surface area (Å²) >= 11 is 5.53. The van der Waals surface area contributed by atoms with Crippen LogP contribution in [0.25, 0.3) is 22.6 Å². The fourth-order valence-corrected chi connectivity index (χ4v) is 3.91. The monoisotopic (exact) mass is 423 g/mol. The van der Waals surface area contributed by atoms with Crippen LogP contribution in [0.3, 0.4) is 0 Å². The van der Waals surface area contributed by atoms with E-state index in [9.17, 15) is 4.79 Å². The highest BCUT2D eigenvalue weighted by Crippen LogP contribution is 2.21. The Hall–Kier alpha value is -3.17. The molecular weight excluding hydrogens is 402 g/mol. The Balaban J connectivity index is 1.25. The maximum Gasteiger partial charge on any atom is 0.289 e. The molecule has 1 saturated heterocycles. The molecule has 0 N–H and O–H groups in total. The van der Waals surface area contributed by atoms with Crippen molar-refractivity contribution in [2.24, 2.45) is 7.05 Å². The normalized spacial score (nSPS) is 15.2. The lowest BCUT2D eigenvalue weighted by atomic mass is 10.2. The van der Waals surface area contributed by atoms with E-state index < -0.39 is 0 Å². The van der Waals surface area contributed by atoms with E-state index in [0.717, 1.165) is 24.1 Å². The SMILES string of the molecule is Cn1c(-c2ccco2)nn(CN2CCN(C(=O)c3cc4ccccc4o3)CC2)c1=S. The summed E-state index contributed by atoms with van der Waals surface area (Å²) in [5.74, 6) is 1.70. The van der Waals surface area contributed by atoms with Gasteiger partial charge >= 0.3 is 0 Å². The van der Waals surface area contributed by atoms with Gasteiger partial charge < -0.3 is 18.3 Å². The molecule has 4 heterocycles. The number of carbonyl (C=O) groups excluding carboxylic acids is 1. The molecule has 0 spiro atoms. The minimum absolute atomic E-state index is 0.0691. The van der Waals surface area contributed by atoms with Gasteiger partial charge in [0.15, 0.2) is 22.1 Å². The van der Waals surface area contributed by atoms with Crippen LogP contribution < -0.4 is 0 Å². The molecule has 0 saturated carbocycles. The Morgan fingerprint density at radius 2 is 1.93 bits per heavy atom. The van der Waals surface area contributed by atoms with Gasteiger partial charge in [0.25, 0.3) is 5.91 Å². The van der Waals surface area contributed by atoms with Gasteiger partial charge in [-0.2, -0.15) is 0 Å². The third kappa shape index (κ3) is 3.35. The average molecular weight is 423 g/mol. The van der Waals surface area contributed by atoms with Gasteiger partial charge in [0, 0.05) is 38.6 Å². The zero-order valence-corrected chi connectivity index (χ0v) is 17.3. The molecule has 0 aliphatic carbocycles. The number of fused-ring (bicyclic) bond motifs is 1. The van der Waals surface area contributed by atoms with Crippen molar-refractivity contribution in [2.45, 2.75) is 6.67 Å². The molecule has 30 heavy (non-hydrogen) atoms. The summed E-state index contributed by atoms with van der Waals surface area (Å²) in [4.78, 5) is 16.9. The minimum atomic E-state index is -0.0691. The van der Waals surface area contributed by atoms with Crippen molar-refractivity contribution in [1.82, 2.24) is 24.1 Å². The number of furan rings is 2. The van der Waals surface area contributed by atoms with Gasteiger partial charge in [-0.15, -0.1) is 5.10 Å². The van der Waals surface area contributed by atoms with Crippen LogP contribution in [-0.4, -0.2) is 56.2 Å². The van der Waals surface area contributed by atoms with Gasteiger partial charge in [0.1, 0.15) is 5.58 Å². The fourth-order valence-electron chi connectivity index (χ4n) is 3.73. The first-order valence-electron chi connectivity index (χ1n) is 9.78. The van der Waals surface area contributed by atoms with Crippen LogP contribution in [0.5, 0.6) is 0 Å². The Bertz CT molecular complexity index is 1210. The summed E-state index contributed by atoms with van der Waals surface area (Å²) in [7, 11) is 1.88. The predicted octanol–water partition coefficient (Wildman–Crippen LogP) is 3.37. The molecule has 1 aromatic carbocycles. The zero-order valence-electron chi connectivity index (χ0n) is 16.5. The van der Waals surface area contributed by atoms with E-state index in [4.69, 9.17) is 21.1 Å². The first-order chi connectivity index (χ1) is 14.6. The van der Waals surface area contributed by atoms with Gasteiger partial charge in [-0.3, -0.25) is 9.69 Å². The summed E-state index contributed by atoms with van der Waals surface area (Å²) in [5, 5.41) is 5.56. The van der Waals surface area contributed by atoms with E-state index in [0.29, 0.717) is 41.9 Å². The number of benzene rings is 1. The number of carbonyl (C=O) groups is 1. The molecule has 9 heteroatoms. The van der Waals surface area contributed by atoms with Crippen LogP contribution in [0.4, 0.5) is 0 Å². The molecule has 0 bridgehead atoms. The van der Waals surface area contributed by atoms with Crippen LogP contribution in [0, 0.1) is 4.77 Å². The molecule has 0 atom stereocenters. The fraction of sp³-hybridized carbons (Fsp3) is 0.286. The maximum atomic E-state index is 12.8. The average Bonchev–Trinajstić information content (AvgIpc) is 3.50. The number of para-hydroxylation sites is 1. The lowest BCUT2D eigenvalue weighted by Gasteiger charge is -2.33. The second-order valence-electron chi connectivity index (χ2n) is 7.34. The molecule has 1 aliphatic rings. The van der Waals surface area contributed by atoms with Crippen molar-refractivity contribution >= 4 is 29.1 Å². The van der Waals surface area contributed by atoms with Crippen molar-refractivity contribution in [2.75, 3.05) is 26.2 Å². The van der Waals surface area contributed by atoms with Crippen LogP contribution >= 0.6 is 12.2 Å².